The second-order valence-electron chi connectivity index (χ2n) is 6.93. The van der Waals surface area contributed by atoms with Crippen LogP contribution in [0, 0.1) is 0 Å². The maximum atomic E-state index is 12.6. The van der Waals surface area contributed by atoms with Crippen molar-refractivity contribution in [2.75, 3.05) is 6.54 Å². The van der Waals surface area contributed by atoms with Crippen LogP contribution in [-0.4, -0.2) is 52.5 Å². The van der Waals surface area contributed by atoms with Gasteiger partial charge in [0.2, 0.25) is 17.7 Å². The van der Waals surface area contributed by atoms with Gasteiger partial charge in [0.15, 0.2) is 0 Å². The van der Waals surface area contributed by atoms with E-state index in [2.05, 4.69) is 5.32 Å². The van der Waals surface area contributed by atoms with Gasteiger partial charge in [-0.25, -0.2) is 0 Å². The van der Waals surface area contributed by atoms with Crippen LogP contribution < -0.4 is 11.1 Å². The second kappa shape index (κ2) is 7.75. The minimum absolute atomic E-state index is 0.110. The number of benzene rings is 2. The SMILES string of the molecule is CC(=O)N1C[C@H](O)C[C@H]1C(=O)N[C@@H](Cc1ccc2ccccc2c1)C(N)=O. The molecule has 1 saturated heterocycles. The van der Waals surface area contributed by atoms with Gasteiger partial charge in [0.1, 0.15) is 12.1 Å². The van der Waals surface area contributed by atoms with Crippen molar-refractivity contribution >= 4 is 28.5 Å². The lowest BCUT2D eigenvalue weighted by Gasteiger charge is -2.24. The van der Waals surface area contributed by atoms with Gasteiger partial charge in [-0.15, -0.1) is 0 Å². The molecule has 0 bridgehead atoms. The van der Waals surface area contributed by atoms with Crippen LogP contribution in [0.15, 0.2) is 42.5 Å². The Morgan fingerprint density at radius 1 is 1.22 bits per heavy atom. The van der Waals surface area contributed by atoms with Crippen molar-refractivity contribution in [2.45, 2.75) is 38.0 Å². The normalized spacial score (nSPS) is 20.4. The highest BCUT2D eigenvalue weighted by molar-refractivity contribution is 5.92. The first kappa shape index (κ1) is 18.8. The lowest BCUT2D eigenvalue weighted by molar-refractivity contribution is -0.138. The average Bonchev–Trinajstić information content (AvgIpc) is 3.03. The predicted octanol–water partition coefficient (Wildman–Crippen LogP) is 0.334. The fourth-order valence-electron chi connectivity index (χ4n) is 3.50. The molecule has 7 heteroatoms. The Morgan fingerprint density at radius 2 is 1.93 bits per heavy atom. The third kappa shape index (κ3) is 4.25. The molecule has 7 nitrogen and oxygen atoms in total. The summed E-state index contributed by atoms with van der Waals surface area (Å²) >= 11 is 0. The van der Waals surface area contributed by atoms with Gasteiger partial charge in [-0.3, -0.25) is 14.4 Å². The van der Waals surface area contributed by atoms with Gasteiger partial charge < -0.3 is 21.1 Å². The van der Waals surface area contributed by atoms with E-state index in [0.717, 1.165) is 16.3 Å². The summed E-state index contributed by atoms with van der Waals surface area (Å²) in [7, 11) is 0. The molecule has 2 aromatic rings. The summed E-state index contributed by atoms with van der Waals surface area (Å²) in [5.41, 5.74) is 6.35. The van der Waals surface area contributed by atoms with Gasteiger partial charge >= 0.3 is 0 Å². The molecule has 1 aliphatic heterocycles. The van der Waals surface area contributed by atoms with Crippen LogP contribution in [-0.2, 0) is 20.8 Å². The molecule has 0 spiro atoms. The van der Waals surface area contributed by atoms with E-state index in [1.807, 2.05) is 42.5 Å². The molecular formula is C20H23N3O4. The molecule has 2 aromatic carbocycles. The Morgan fingerprint density at radius 3 is 2.59 bits per heavy atom. The summed E-state index contributed by atoms with van der Waals surface area (Å²) in [5, 5.41) is 14.5. The smallest absolute Gasteiger partial charge is 0.243 e. The Bertz CT molecular complexity index is 882. The number of rotatable bonds is 5. The Balaban J connectivity index is 1.74. The number of β-amino-alcohol motifs (C(OH)–C–C–N with tert-alkyl or cyclic N) is 1. The van der Waals surface area contributed by atoms with Gasteiger partial charge in [-0.1, -0.05) is 42.5 Å². The summed E-state index contributed by atoms with van der Waals surface area (Å²) in [6, 6.07) is 12.0. The molecule has 3 rings (SSSR count). The molecular weight excluding hydrogens is 346 g/mol. The van der Waals surface area contributed by atoms with Crippen molar-refractivity contribution in [3.8, 4) is 0 Å². The van der Waals surface area contributed by atoms with E-state index in [0.29, 0.717) is 0 Å². The van der Waals surface area contributed by atoms with E-state index in [-0.39, 0.29) is 25.3 Å². The molecule has 0 aliphatic carbocycles. The van der Waals surface area contributed by atoms with E-state index in [4.69, 9.17) is 5.73 Å². The third-order valence-electron chi connectivity index (χ3n) is 4.90. The van der Waals surface area contributed by atoms with Crippen molar-refractivity contribution < 1.29 is 19.5 Å². The van der Waals surface area contributed by atoms with Gasteiger partial charge in [0.25, 0.3) is 0 Å². The minimum Gasteiger partial charge on any atom is -0.391 e. The number of fused-ring (bicyclic) bond motifs is 1. The van der Waals surface area contributed by atoms with E-state index in [1.54, 1.807) is 0 Å². The standard InChI is InChI=1S/C20H23N3O4/c1-12(24)23-11-16(25)10-18(23)20(27)22-17(19(21)26)9-13-6-7-14-4-2-3-5-15(14)8-13/h2-8,16-18,25H,9-11H2,1H3,(H2,21,26)(H,22,27)/t16-,17+,18+/m1/s1. The number of likely N-dealkylation sites (tertiary alicyclic amines) is 1. The lowest BCUT2D eigenvalue weighted by Crippen LogP contribution is -2.52. The zero-order valence-corrected chi connectivity index (χ0v) is 15.1. The number of aliphatic hydroxyl groups excluding tert-OH is 1. The van der Waals surface area contributed by atoms with E-state index in [1.165, 1.54) is 11.8 Å². The second-order valence-corrected chi connectivity index (χ2v) is 6.93. The number of aliphatic hydroxyl groups is 1. The van der Waals surface area contributed by atoms with Crippen LogP contribution >= 0.6 is 0 Å². The molecule has 1 heterocycles. The topological polar surface area (TPSA) is 113 Å². The van der Waals surface area contributed by atoms with Crippen molar-refractivity contribution in [1.29, 1.82) is 0 Å². The van der Waals surface area contributed by atoms with Crippen LogP contribution in [0.3, 0.4) is 0 Å². The van der Waals surface area contributed by atoms with Gasteiger partial charge in [-0.2, -0.15) is 0 Å². The van der Waals surface area contributed by atoms with Gasteiger partial charge in [0, 0.05) is 26.3 Å². The van der Waals surface area contributed by atoms with Gasteiger partial charge in [0.05, 0.1) is 6.10 Å². The summed E-state index contributed by atoms with van der Waals surface area (Å²) in [5.74, 6) is -1.42. The summed E-state index contributed by atoms with van der Waals surface area (Å²) in [6.45, 7) is 1.46. The largest absolute Gasteiger partial charge is 0.391 e. The van der Waals surface area contributed by atoms with Crippen LogP contribution in [0.5, 0.6) is 0 Å². The number of primary amides is 1. The Kier molecular flexibility index (Phi) is 5.41. The zero-order valence-electron chi connectivity index (χ0n) is 15.1. The monoisotopic (exact) mass is 369 g/mol. The van der Waals surface area contributed by atoms with Crippen LogP contribution in [0.1, 0.15) is 18.9 Å². The first-order valence-corrected chi connectivity index (χ1v) is 8.88. The number of hydrogen-bond acceptors (Lipinski definition) is 4. The lowest BCUT2D eigenvalue weighted by atomic mass is 10.0. The number of nitrogens with two attached hydrogens (primary N) is 1. The Hall–Kier alpha value is -2.93. The Labute approximate surface area is 157 Å². The molecule has 27 heavy (non-hydrogen) atoms. The number of carbonyl (C=O) groups is 3. The maximum Gasteiger partial charge on any atom is 0.243 e. The molecule has 4 N–H and O–H groups in total. The van der Waals surface area contributed by atoms with Crippen LogP contribution in [0.2, 0.25) is 0 Å². The highest BCUT2D eigenvalue weighted by Gasteiger charge is 2.38. The maximum absolute atomic E-state index is 12.6. The van der Waals surface area contributed by atoms with Crippen molar-refractivity contribution in [1.82, 2.24) is 10.2 Å². The molecule has 0 radical (unpaired) electrons. The molecule has 0 unspecified atom stereocenters. The molecule has 0 saturated carbocycles. The highest BCUT2D eigenvalue weighted by atomic mass is 16.3. The van der Waals surface area contributed by atoms with Crippen LogP contribution in [0.4, 0.5) is 0 Å². The average molecular weight is 369 g/mol. The number of nitrogens with one attached hydrogen (secondary N) is 1. The third-order valence-corrected chi connectivity index (χ3v) is 4.90. The van der Waals surface area contributed by atoms with Crippen molar-refractivity contribution in [3.05, 3.63) is 48.0 Å². The molecule has 0 aromatic heterocycles. The first-order valence-electron chi connectivity index (χ1n) is 8.88. The van der Waals surface area contributed by atoms with E-state index >= 15 is 0 Å². The summed E-state index contributed by atoms with van der Waals surface area (Å²) in [6.07, 6.45) is -0.356. The highest BCUT2D eigenvalue weighted by Crippen LogP contribution is 2.19. The quantitative estimate of drug-likeness (QED) is 0.705. The summed E-state index contributed by atoms with van der Waals surface area (Å²) in [4.78, 5) is 37.5. The minimum atomic E-state index is -0.898. The molecule has 142 valence electrons. The fourth-order valence-corrected chi connectivity index (χ4v) is 3.50. The number of hydrogen-bond donors (Lipinski definition) is 3. The van der Waals surface area contributed by atoms with Crippen molar-refractivity contribution in [3.63, 3.8) is 0 Å². The first-order chi connectivity index (χ1) is 12.8. The van der Waals surface area contributed by atoms with Crippen LogP contribution in [0.25, 0.3) is 10.8 Å². The number of nitrogens with zero attached hydrogens (tertiary/aromatic N) is 1. The number of amides is 3. The molecule has 1 aliphatic rings. The molecule has 3 amide bonds. The summed E-state index contributed by atoms with van der Waals surface area (Å²) < 4.78 is 0. The van der Waals surface area contributed by atoms with Gasteiger partial charge in [-0.05, 0) is 16.3 Å². The fraction of sp³-hybridized carbons (Fsp3) is 0.350. The van der Waals surface area contributed by atoms with E-state index < -0.39 is 30.0 Å². The number of carbonyl (C=O) groups excluding carboxylic acids is 3. The predicted molar refractivity (Wildman–Crippen MR) is 101 cm³/mol. The van der Waals surface area contributed by atoms with Crippen molar-refractivity contribution in [2.24, 2.45) is 5.73 Å². The van der Waals surface area contributed by atoms with E-state index in [9.17, 15) is 19.5 Å². The molecule has 1 fully saturated rings. The zero-order chi connectivity index (χ0) is 19.6. The molecule has 3 atom stereocenters.